The lowest BCUT2D eigenvalue weighted by Crippen LogP contribution is -2.43. The standard InChI is InChI=1S/C24H27NO6S2/c1-2-31-24(30)19(14-21(26)18-11-7-4-8-12-18)15-32-33-16-20(23(28)29)25-22(27)13-17-9-5-3-6-10-17/h3-12,19-20H,2,13-16H2,1H3,(H,25,27)(H,28,29). The normalized spacial score (nSPS) is 12.4. The molecule has 0 saturated heterocycles. The Morgan fingerprint density at radius 3 is 2.15 bits per heavy atom. The van der Waals surface area contributed by atoms with E-state index in [-0.39, 0.29) is 42.6 Å². The molecule has 0 spiro atoms. The molecular weight excluding hydrogens is 462 g/mol. The first-order valence-electron chi connectivity index (χ1n) is 10.5. The number of carboxylic acid groups (broad SMARTS) is 1. The molecule has 0 radical (unpaired) electrons. The number of benzene rings is 2. The average Bonchev–Trinajstić information content (AvgIpc) is 2.81. The summed E-state index contributed by atoms with van der Waals surface area (Å²) in [6.07, 6.45) is 0.0987. The van der Waals surface area contributed by atoms with Crippen LogP contribution in [0.4, 0.5) is 0 Å². The van der Waals surface area contributed by atoms with Crippen molar-refractivity contribution in [1.29, 1.82) is 0 Å². The average molecular weight is 490 g/mol. The van der Waals surface area contributed by atoms with Gasteiger partial charge in [-0.2, -0.15) is 0 Å². The maximum absolute atomic E-state index is 12.5. The van der Waals surface area contributed by atoms with E-state index in [4.69, 9.17) is 4.74 Å². The van der Waals surface area contributed by atoms with Crippen LogP contribution in [0.1, 0.15) is 29.3 Å². The van der Waals surface area contributed by atoms with Crippen molar-refractivity contribution >= 4 is 45.2 Å². The predicted octanol–water partition coefficient (Wildman–Crippen LogP) is 3.63. The van der Waals surface area contributed by atoms with Crippen molar-refractivity contribution in [2.45, 2.75) is 25.8 Å². The fourth-order valence-corrected chi connectivity index (χ4v) is 5.33. The molecule has 0 heterocycles. The van der Waals surface area contributed by atoms with Crippen molar-refractivity contribution in [3.8, 4) is 0 Å². The number of hydrogen-bond donors (Lipinski definition) is 2. The molecule has 1 amide bonds. The van der Waals surface area contributed by atoms with Gasteiger partial charge in [0.1, 0.15) is 6.04 Å². The van der Waals surface area contributed by atoms with Crippen LogP contribution in [0, 0.1) is 5.92 Å². The first kappa shape index (κ1) is 26.5. The largest absolute Gasteiger partial charge is 0.480 e. The fourth-order valence-electron chi connectivity index (χ4n) is 2.88. The van der Waals surface area contributed by atoms with Gasteiger partial charge in [-0.15, -0.1) is 0 Å². The van der Waals surface area contributed by atoms with Crippen LogP contribution in [-0.4, -0.2) is 52.9 Å². The van der Waals surface area contributed by atoms with E-state index in [1.807, 2.05) is 24.3 Å². The molecule has 9 heteroatoms. The first-order valence-corrected chi connectivity index (χ1v) is 12.9. The van der Waals surface area contributed by atoms with Gasteiger partial charge in [0.2, 0.25) is 5.91 Å². The summed E-state index contributed by atoms with van der Waals surface area (Å²) in [7, 11) is 2.51. The number of esters is 1. The van der Waals surface area contributed by atoms with Crippen LogP contribution in [0.2, 0.25) is 0 Å². The first-order chi connectivity index (χ1) is 15.9. The highest BCUT2D eigenvalue weighted by atomic mass is 33.1. The van der Waals surface area contributed by atoms with Gasteiger partial charge in [0, 0.05) is 23.5 Å². The molecule has 176 valence electrons. The second-order valence-electron chi connectivity index (χ2n) is 7.13. The maximum atomic E-state index is 12.5. The zero-order valence-corrected chi connectivity index (χ0v) is 19.9. The van der Waals surface area contributed by atoms with E-state index in [9.17, 15) is 24.3 Å². The van der Waals surface area contributed by atoms with Gasteiger partial charge in [-0.05, 0) is 12.5 Å². The molecule has 0 saturated carbocycles. The van der Waals surface area contributed by atoms with E-state index < -0.39 is 23.9 Å². The lowest BCUT2D eigenvalue weighted by atomic mass is 10.00. The Morgan fingerprint density at radius 1 is 0.939 bits per heavy atom. The highest BCUT2D eigenvalue weighted by molar-refractivity contribution is 8.76. The van der Waals surface area contributed by atoms with Crippen molar-refractivity contribution in [3.05, 3.63) is 71.8 Å². The minimum Gasteiger partial charge on any atom is -0.480 e. The maximum Gasteiger partial charge on any atom is 0.327 e. The zero-order valence-electron chi connectivity index (χ0n) is 18.3. The van der Waals surface area contributed by atoms with Gasteiger partial charge in [-0.1, -0.05) is 82.3 Å². The minimum atomic E-state index is -1.13. The van der Waals surface area contributed by atoms with E-state index in [1.165, 1.54) is 21.6 Å². The van der Waals surface area contributed by atoms with Gasteiger partial charge in [0.25, 0.3) is 0 Å². The Hall–Kier alpha value is -2.78. The van der Waals surface area contributed by atoms with E-state index in [0.717, 1.165) is 5.56 Å². The quantitative estimate of drug-likeness (QED) is 0.179. The molecule has 2 N–H and O–H groups in total. The third-order valence-corrected chi connectivity index (χ3v) is 7.07. The van der Waals surface area contributed by atoms with Gasteiger partial charge in [-0.3, -0.25) is 14.4 Å². The van der Waals surface area contributed by atoms with Crippen molar-refractivity contribution in [1.82, 2.24) is 5.32 Å². The Kier molecular flexibility index (Phi) is 11.5. The summed E-state index contributed by atoms with van der Waals surface area (Å²) in [5.74, 6) is -2.37. The van der Waals surface area contributed by atoms with Crippen LogP contribution in [0.25, 0.3) is 0 Å². The summed E-state index contributed by atoms with van der Waals surface area (Å²) in [4.78, 5) is 48.6. The molecule has 0 bridgehead atoms. The summed E-state index contributed by atoms with van der Waals surface area (Å²) in [6, 6.07) is 16.7. The predicted molar refractivity (Wildman–Crippen MR) is 130 cm³/mol. The number of ether oxygens (including phenoxy) is 1. The van der Waals surface area contributed by atoms with Gasteiger partial charge in [0.15, 0.2) is 5.78 Å². The number of carbonyl (C=O) groups is 4. The topological polar surface area (TPSA) is 110 Å². The number of hydrogen-bond acceptors (Lipinski definition) is 7. The molecule has 0 aliphatic rings. The van der Waals surface area contributed by atoms with Crippen LogP contribution in [0.5, 0.6) is 0 Å². The molecule has 2 atom stereocenters. The second kappa shape index (κ2) is 14.4. The number of aliphatic carboxylic acids is 1. The van der Waals surface area contributed by atoms with Crippen molar-refractivity contribution < 1.29 is 29.0 Å². The number of Topliss-reactive ketones (excluding diaryl/α,β-unsaturated/α-hetero) is 1. The lowest BCUT2D eigenvalue weighted by Gasteiger charge is -2.16. The highest BCUT2D eigenvalue weighted by Crippen LogP contribution is 2.27. The number of carbonyl (C=O) groups excluding carboxylic acids is 3. The molecule has 0 aliphatic carbocycles. The third kappa shape index (κ3) is 9.71. The fraction of sp³-hybridized carbons (Fsp3) is 0.333. The summed E-state index contributed by atoms with van der Waals surface area (Å²) in [5, 5.41) is 12.0. The van der Waals surface area contributed by atoms with Crippen LogP contribution >= 0.6 is 21.6 Å². The zero-order chi connectivity index (χ0) is 24.1. The third-order valence-electron chi connectivity index (χ3n) is 4.58. The smallest absolute Gasteiger partial charge is 0.327 e. The van der Waals surface area contributed by atoms with Crippen LogP contribution in [0.15, 0.2) is 60.7 Å². The molecule has 2 aromatic rings. The Labute approximate surface area is 201 Å². The van der Waals surface area contributed by atoms with E-state index >= 15 is 0 Å². The summed E-state index contributed by atoms with van der Waals surface area (Å²) in [5.41, 5.74) is 1.32. The number of nitrogens with one attached hydrogen (secondary N) is 1. The molecule has 0 aromatic heterocycles. The van der Waals surface area contributed by atoms with Crippen LogP contribution in [-0.2, 0) is 25.5 Å². The van der Waals surface area contributed by atoms with Crippen molar-refractivity contribution in [2.24, 2.45) is 5.92 Å². The molecule has 2 aromatic carbocycles. The second-order valence-corrected chi connectivity index (χ2v) is 9.68. The van der Waals surface area contributed by atoms with Gasteiger partial charge in [0.05, 0.1) is 18.9 Å². The van der Waals surface area contributed by atoms with Crippen molar-refractivity contribution in [2.75, 3.05) is 18.1 Å². The number of carboxylic acids is 1. The molecule has 0 fully saturated rings. The minimum absolute atomic E-state index is 0.00653. The number of ketones is 1. The van der Waals surface area contributed by atoms with E-state index in [1.54, 1.807) is 43.3 Å². The van der Waals surface area contributed by atoms with Crippen LogP contribution < -0.4 is 5.32 Å². The van der Waals surface area contributed by atoms with E-state index in [2.05, 4.69) is 5.32 Å². The Balaban J connectivity index is 1.85. The van der Waals surface area contributed by atoms with Gasteiger partial charge < -0.3 is 15.2 Å². The van der Waals surface area contributed by atoms with Gasteiger partial charge in [-0.25, -0.2) is 4.79 Å². The Bertz CT molecular complexity index is 923. The summed E-state index contributed by atoms with van der Waals surface area (Å²) < 4.78 is 5.10. The summed E-state index contributed by atoms with van der Waals surface area (Å²) in [6.45, 7) is 1.91. The van der Waals surface area contributed by atoms with Crippen molar-refractivity contribution in [3.63, 3.8) is 0 Å². The monoisotopic (exact) mass is 489 g/mol. The SMILES string of the molecule is CCOC(=O)C(CSSCC(NC(=O)Cc1ccccc1)C(=O)O)CC(=O)c1ccccc1. The number of rotatable bonds is 14. The van der Waals surface area contributed by atoms with E-state index in [0.29, 0.717) is 5.56 Å². The van der Waals surface area contributed by atoms with Crippen LogP contribution in [0.3, 0.4) is 0 Å². The Morgan fingerprint density at radius 2 is 1.55 bits per heavy atom. The molecule has 33 heavy (non-hydrogen) atoms. The highest BCUT2D eigenvalue weighted by Gasteiger charge is 2.25. The summed E-state index contributed by atoms with van der Waals surface area (Å²) >= 11 is 0. The lowest BCUT2D eigenvalue weighted by molar-refractivity contribution is -0.147. The molecule has 2 unspecified atom stereocenters. The molecule has 0 aliphatic heterocycles. The molecule has 2 rings (SSSR count). The number of amides is 1. The molecule has 7 nitrogen and oxygen atoms in total. The van der Waals surface area contributed by atoms with Gasteiger partial charge >= 0.3 is 11.9 Å². The molecular formula is C24H27NO6S2.